The summed E-state index contributed by atoms with van der Waals surface area (Å²) < 4.78 is 0. The van der Waals surface area contributed by atoms with Crippen molar-refractivity contribution in [2.75, 3.05) is 39.3 Å². The van der Waals surface area contributed by atoms with Crippen LogP contribution in [0, 0.1) is 0 Å². The van der Waals surface area contributed by atoms with Gasteiger partial charge in [-0.3, -0.25) is 24.4 Å². The fraction of sp³-hybridized carbons (Fsp3) is 0.417. The molecule has 2 N–H and O–H groups in total. The lowest BCUT2D eigenvalue weighted by atomic mass is 10.1. The van der Waals surface area contributed by atoms with Crippen molar-refractivity contribution in [1.29, 1.82) is 0 Å². The average molecular weight is 452 g/mol. The molecule has 0 aliphatic carbocycles. The van der Waals surface area contributed by atoms with Crippen LogP contribution in [0.2, 0.25) is 0 Å². The van der Waals surface area contributed by atoms with Crippen molar-refractivity contribution in [3.05, 3.63) is 65.5 Å². The molecule has 4 rings (SSSR count). The van der Waals surface area contributed by atoms with Crippen LogP contribution in [0.15, 0.2) is 48.7 Å². The van der Waals surface area contributed by atoms with E-state index in [1.807, 2.05) is 18.2 Å². The van der Waals surface area contributed by atoms with Crippen LogP contribution in [-0.4, -0.2) is 88.0 Å². The highest BCUT2D eigenvalue weighted by atomic mass is 16.4. The number of carbonyl (C=O) groups excluding carboxylic acids is 2. The number of imide groups is 1. The number of fused-ring (bicyclic) bond motifs is 1. The van der Waals surface area contributed by atoms with Gasteiger partial charge < -0.3 is 15.3 Å². The number of nitrogens with one attached hydrogen (secondary N) is 1. The SMILES string of the molecule is O=C1c2ccccc2C(=O)N1CCCCN(Cc1ccccn1)C[C@H]1CNCCN1C(=O)O. The highest BCUT2D eigenvalue weighted by Crippen LogP contribution is 2.22. The number of nitrogens with zero attached hydrogens (tertiary/aromatic N) is 4. The highest BCUT2D eigenvalue weighted by molar-refractivity contribution is 6.21. The normalized spacial score (nSPS) is 18.2. The molecular formula is C24H29N5O4. The third-order valence-corrected chi connectivity index (χ3v) is 6.16. The second-order valence-corrected chi connectivity index (χ2v) is 8.40. The van der Waals surface area contributed by atoms with Crippen LogP contribution >= 0.6 is 0 Å². The third-order valence-electron chi connectivity index (χ3n) is 6.16. The van der Waals surface area contributed by atoms with E-state index in [1.165, 1.54) is 9.80 Å². The van der Waals surface area contributed by atoms with Gasteiger partial charge in [-0.05, 0) is 43.7 Å². The van der Waals surface area contributed by atoms with Crippen molar-refractivity contribution < 1.29 is 19.5 Å². The molecule has 1 atom stereocenters. The summed E-state index contributed by atoms with van der Waals surface area (Å²) in [5.41, 5.74) is 1.86. The predicted molar refractivity (Wildman–Crippen MR) is 122 cm³/mol. The minimum Gasteiger partial charge on any atom is -0.465 e. The number of benzene rings is 1. The molecule has 0 unspecified atom stereocenters. The Balaban J connectivity index is 1.35. The topological polar surface area (TPSA) is 106 Å². The van der Waals surface area contributed by atoms with E-state index in [1.54, 1.807) is 30.5 Å². The van der Waals surface area contributed by atoms with Crippen LogP contribution in [0.4, 0.5) is 4.79 Å². The van der Waals surface area contributed by atoms with Gasteiger partial charge in [-0.15, -0.1) is 0 Å². The molecule has 0 spiro atoms. The Bertz CT molecular complexity index is 964. The Labute approximate surface area is 193 Å². The Morgan fingerprint density at radius 3 is 2.48 bits per heavy atom. The molecule has 1 aromatic carbocycles. The molecule has 2 aliphatic heterocycles. The summed E-state index contributed by atoms with van der Waals surface area (Å²) in [5.74, 6) is -0.461. The summed E-state index contributed by atoms with van der Waals surface area (Å²) in [4.78, 5) is 46.2. The van der Waals surface area contributed by atoms with E-state index in [0.717, 1.165) is 12.1 Å². The van der Waals surface area contributed by atoms with Crippen molar-refractivity contribution in [1.82, 2.24) is 25.0 Å². The first kappa shape index (κ1) is 22.9. The number of piperazine rings is 1. The molecule has 2 aromatic rings. The minimum absolute atomic E-state index is 0.142. The van der Waals surface area contributed by atoms with Crippen molar-refractivity contribution in [3.8, 4) is 0 Å². The largest absolute Gasteiger partial charge is 0.465 e. The Morgan fingerprint density at radius 2 is 1.82 bits per heavy atom. The van der Waals surface area contributed by atoms with Crippen LogP contribution in [-0.2, 0) is 6.54 Å². The molecule has 9 heteroatoms. The molecule has 1 fully saturated rings. The molecule has 1 aromatic heterocycles. The van der Waals surface area contributed by atoms with Crippen molar-refractivity contribution in [2.45, 2.75) is 25.4 Å². The van der Waals surface area contributed by atoms with E-state index in [0.29, 0.717) is 63.4 Å². The lowest BCUT2D eigenvalue weighted by Gasteiger charge is -2.37. The summed E-state index contributed by atoms with van der Waals surface area (Å²) >= 11 is 0. The van der Waals surface area contributed by atoms with Gasteiger partial charge in [0.05, 0.1) is 22.9 Å². The van der Waals surface area contributed by atoms with Gasteiger partial charge in [0.2, 0.25) is 0 Å². The number of hydrogen-bond donors (Lipinski definition) is 2. The van der Waals surface area contributed by atoms with Crippen LogP contribution in [0.25, 0.3) is 0 Å². The Hall–Kier alpha value is -3.30. The van der Waals surface area contributed by atoms with Crippen molar-refractivity contribution in [2.24, 2.45) is 0 Å². The molecule has 0 radical (unpaired) electrons. The van der Waals surface area contributed by atoms with E-state index in [2.05, 4.69) is 15.2 Å². The van der Waals surface area contributed by atoms with Gasteiger partial charge in [-0.2, -0.15) is 0 Å². The monoisotopic (exact) mass is 451 g/mol. The predicted octanol–water partition coefficient (Wildman–Crippen LogP) is 1.91. The molecule has 3 heterocycles. The smallest absolute Gasteiger partial charge is 0.407 e. The minimum atomic E-state index is -0.898. The standard InChI is InChI=1S/C24H29N5O4/c30-22-20-8-1-2-9-21(20)23(31)29(22)13-6-5-12-27(16-18-7-3-4-10-26-18)17-19-15-25-11-14-28(19)24(32)33/h1-4,7-10,19,25H,5-6,11-17H2,(H,32,33)/t19-/m1/s1. The zero-order chi connectivity index (χ0) is 23.2. The molecule has 174 valence electrons. The molecule has 9 nitrogen and oxygen atoms in total. The third kappa shape index (κ3) is 5.37. The highest BCUT2D eigenvalue weighted by Gasteiger charge is 2.34. The van der Waals surface area contributed by atoms with E-state index in [9.17, 15) is 19.5 Å². The van der Waals surface area contributed by atoms with Crippen LogP contribution in [0.5, 0.6) is 0 Å². The number of hydrogen-bond acceptors (Lipinski definition) is 6. The molecule has 1 saturated heterocycles. The number of pyridine rings is 1. The molecule has 2 aliphatic rings. The zero-order valence-electron chi connectivity index (χ0n) is 18.5. The van der Waals surface area contributed by atoms with Crippen LogP contribution in [0.1, 0.15) is 39.3 Å². The van der Waals surface area contributed by atoms with E-state index in [-0.39, 0.29) is 17.9 Å². The Kier molecular flexibility index (Phi) is 7.31. The van der Waals surface area contributed by atoms with E-state index < -0.39 is 6.09 Å². The second kappa shape index (κ2) is 10.5. The first-order valence-corrected chi connectivity index (χ1v) is 11.3. The number of rotatable bonds is 9. The molecule has 0 saturated carbocycles. The number of unbranched alkanes of at least 4 members (excludes halogenated alkanes) is 1. The van der Waals surface area contributed by atoms with Crippen molar-refractivity contribution in [3.63, 3.8) is 0 Å². The second-order valence-electron chi connectivity index (χ2n) is 8.40. The Morgan fingerprint density at radius 1 is 1.09 bits per heavy atom. The quantitative estimate of drug-likeness (QED) is 0.443. The summed E-state index contributed by atoms with van der Waals surface area (Å²) in [6.07, 6.45) is 2.30. The van der Waals surface area contributed by atoms with Gasteiger partial charge in [0, 0.05) is 45.5 Å². The lowest BCUT2D eigenvalue weighted by Crippen LogP contribution is -2.57. The molecule has 0 bridgehead atoms. The number of carbonyl (C=O) groups is 3. The van der Waals surface area contributed by atoms with Gasteiger partial charge in [0.1, 0.15) is 0 Å². The first-order chi connectivity index (χ1) is 16.0. The van der Waals surface area contributed by atoms with Gasteiger partial charge in [0.15, 0.2) is 0 Å². The van der Waals surface area contributed by atoms with Gasteiger partial charge in [-0.25, -0.2) is 4.79 Å². The zero-order valence-corrected chi connectivity index (χ0v) is 18.5. The van der Waals surface area contributed by atoms with Gasteiger partial charge in [0.25, 0.3) is 11.8 Å². The van der Waals surface area contributed by atoms with Gasteiger partial charge >= 0.3 is 6.09 Å². The molecule has 3 amide bonds. The molecule has 33 heavy (non-hydrogen) atoms. The molecular weight excluding hydrogens is 422 g/mol. The summed E-state index contributed by atoms with van der Waals surface area (Å²) in [5, 5.41) is 12.9. The van der Waals surface area contributed by atoms with Crippen LogP contribution < -0.4 is 5.32 Å². The lowest BCUT2D eigenvalue weighted by molar-refractivity contribution is 0.0649. The first-order valence-electron chi connectivity index (χ1n) is 11.3. The van der Waals surface area contributed by atoms with Crippen LogP contribution in [0.3, 0.4) is 0 Å². The number of carboxylic acid groups (broad SMARTS) is 1. The van der Waals surface area contributed by atoms with Gasteiger partial charge in [-0.1, -0.05) is 18.2 Å². The number of amides is 3. The van der Waals surface area contributed by atoms with Crippen molar-refractivity contribution >= 4 is 17.9 Å². The fourth-order valence-electron chi connectivity index (χ4n) is 4.48. The summed E-state index contributed by atoms with van der Waals surface area (Å²) in [6, 6.07) is 12.5. The number of aromatic nitrogens is 1. The fourth-order valence-corrected chi connectivity index (χ4v) is 4.48. The maximum atomic E-state index is 12.6. The van der Waals surface area contributed by atoms with E-state index in [4.69, 9.17) is 0 Å². The maximum absolute atomic E-state index is 12.6. The average Bonchev–Trinajstić information content (AvgIpc) is 3.07. The summed E-state index contributed by atoms with van der Waals surface area (Å²) in [6.45, 7) is 4.01. The maximum Gasteiger partial charge on any atom is 0.407 e. The van der Waals surface area contributed by atoms with E-state index >= 15 is 0 Å². The summed E-state index contributed by atoms with van der Waals surface area (Å²) in [7, 11) is 0.